The summed E-state index contributed by atoms with van der Waals surface area (Å²) in [4.78, 5) is 11.1. The van der Waals surface area contributed by atoms with E-state index in [0.29, 0.717) is 5.15 Å². The molecule has 0 N–H and O–H groups in total. The first-order valence-electron chi connectivity index (χ1n) is 5.91. The van der Waals surface area contributed by atoms with Crippen molar-refractivity contribution >= 4 is 17.4 Å². The topological polar surface area (TPSA) is 29.0 Å². The van der Waals surface area contributed by atoms with E-state index in [-0.39, 0.29) is 0 Å². The Hall–Kier alpha value is -0.830. The van der Waals surface area contributed by atoms with Gasteiger partial charge in [0.25, 0.3) is 0 Å². The Balaban J connectivity index is 3.13. The number of aryl methyl sites for hydroxylation is 1. The van der Waals surface area contributed by atoms with Gasteiger partial charge in [-0.3, -0.25) is 0 Å². The molecule has 0 aliphatic heterocycles. The molecule has 0 atom stereocenters. The predicted molar refractivity (Wildman–Crippen MR) is 69.3 cm³/mol. The van der Waals surface area contributed by atoms with Crippen LogP contribution in [0.3, 0.4) is 0 Å². The van der Waals surface area contributed by atoms with Gasteiger partial charge in [-0.15, -0.1) is 0 Å². The lowest BCUT2D eigenvalue weighted by molar-refractivity contribution is 0.763. The van der Waals surface area contributed by atoms with Crippen LogP contribution in [0.4, 0.5) is 5.82 Å². The fourth-order valence-corrected chi connectivity index (χ4v) is 1.85. The van der Waals surface area contributed by atoms with Crippen LogP contribution in [0, 0.1) is 6.92 Å². The monoisotopic (exact) mass is 241 g/mol. The summed E-state index contributed by atoms with van der Waals surface area (Å²) in [6, 6.07) is 0. The van der Waals surface area contributed by atoms with Gasteiger partial charge in [-0.1, -0.05) is 25.4 Å². The van der Waals surface area contributed by atoms with Gasteiger partial charge in [0.05, 0.1) is 0 Å². The van der Waals surface area contributed by atoms with Crippen molar-refractivity contribution in [3.05, 3.63) is 16.5 Å². The number of halogens is 1. The smallest absolute Gasteiger partial charge is 0.137 e. The molecule has 1 aromatic heterocycles. The van der Waals surface area contributed by atoms with Gasteiger partial charge in [-0.2, -0.15) is 0 Å². The van der Waals surface area contributed by atoms with E-state index in [1.807, 2.05) is 13.8 Å². The molecule has 0 fully saturated rings. The third-order valence-electron chi connectivity index (χ3n) is 2.60. The van der Waals surface area contributed by atoms with Crippen LogP contribution in [-0.4, -0.2) is 23.1 Å². The molecule has 0 spiro atoms. The van der Waals surface area contributed by atoms with Crippen molar-refractivity contribution in [2.75, 3.05) is 18.0 Å². The summed E-state index contributed by atoms with van der Waals surface area (Å²) in [5.74, 6) is 1.81. The van der Waals surface area contributed by atoms with Crippen LogP contribution in [0.1, 0.15) is 38.6 Å². The summed E-state index contributed by atoms with van der Waals surface area (Å²) >= 11 is 6.12. The van der Waals surface area contributed by atoms with Gasteiger partial charge in [0.1, 0.15) is 16.8 Å². The second kappa shape index (κ2) is 6.04. The maximum Gasteiger partial charge on any atom is 0.137 e. The fraction of sp³-hybridized carbons (Fsp3) is 0.667. The van der Waals surface area contributed by atoms with Crippen molar-refractivity contribution in [1.29, 1.82) is 0 Å². The molecule has 0 saturated heterocycles. The average Bonchev–Trinajstić information content (AvgIpc) is 2.29. The Labute approximate surface area is 103 Å². The first kappa shape index (κ1) is 13.2. The molecule has 0 saturated carbocycles. The zero-order valence-electron chi connectivity index (χ0n) is 10.5. The van der Waals surface area contributed by atoms with Crippen LogP contribution in [0.2, 0.25) is 5.15 Å². The van der Waals surface area contributed by atoms with E-state index < -0.39 is 0 Å². The van der Waals surface area contributed by atoms with Crippen molar-refractivity contribution in [1.82, 2.24) is 9.97 Å². The lowest BCUT2D eigenvalue weighted by Gasteiger charge is -2.23. The van der Waals surface area contributed by atoms with Crippen molar-refractivity contribution in [2.24, 2.45) is 0 Å². The molecule has 16 heavy (non-hydrogen) atoms. The molecule has 0 bridgehead atoms. The highest BCUT2D eigenvalue weighted by atomic mass is 35.5. The molecule has 0 aliphatic rings. The number of hydrogen-bond donors (Lipinski definition) is 0. The minimum Gasteiger partial charge on any atom is -0.357 e. The summed E-state index contributed by atoms with van der Waals surface area (Å²) in [5, 5.41) is 0.580. The van der Waals surface area contributed by atoms with Crippen LogP contribution < -0.4 is 4.90 Å². The summed E-state index contributed by atoms with van der Waals surface area (Å²) in [7, 11) is 0. The summed E-state index contributed by atoms with van der Waals surface area (Å²) in [5.41, 5.74) is 0.981. The fourth-order valence-electron chi connectivity index (χ4n) is 1.67. The quantitative estimate of drug-likeness (QED) is 0.742. The molecule has 4 heteroatoms. The van der Waals surface area contributed by atoms with E-state index in [4.69, 9.17) is 11.6 Å². The van der Waals surface area contributed by atoms with E-state index in [2.05, 4.69) is 28.7 Å². The van der Waals surface area contributed by atoms with Crippen molar-refractivity contribution in [3.63, 3.8) is 0 Å². The molecule has 0 amide bonds. The third kappa shape index (κ3) is 2.85. The molecule has 0 aliphatic carbocycles. The van der Waals surface area contributed by atoms with Gasteiger partial charge in [0.2, 0.25) is 0 Å². The van der Waals surface area contributed by atoms with Gasteiger partial charge in [-0.05, 0) is 20.3 Å². The molecule has 0 radical (unpaired) electrons. The minimum absolute atomic E-state index is 0.580. The van der Waals surface area contributed by atoms with E-state index in [9.17, 15) is 0 Å². The highest BCUT2D eigenvalue weighted by Crippen LogP contribution is 2.23. The van der Waals surface area contributed by atoms with Crippen LogP contribution in [-0.2, 0) is 6.42 Å². The van der Waals surface area contributed by atoms with E-state index in [1.165, 1.54) is 0 Å². The number of hydrogen-bond acceptors (Lipinski definition) is 3. The van der Waals surface area contributed by atoms with E-state index in [0.717, 1.165) is 43.1 Å². The van der Waals surface area contributed by atoms with Gasteiger partial charge >= 0.3 is 0 Å². The van der Waals surface area contributed by atoms with E-state index >= 15 is 0 Å². The van der Waals surface area contributed by atoms with Crippen molar-refractivity contribution in [3.8, 4) is 0 Å². The molecular weight excluding hydrogens is 222 g/mol. The molecular formula is C12H20ClN3. The van der Waals surface area contributed by atoms with Crippen molar-refractivity contribution in [2.45, 2.75) is 40.5 Å². The highest BCUT2D eigenvalue weighted by molar-refractivity contribution is 6.30. The predicted octanol–water partition coefficient (Wildman–Crippen LogP) is 3.24. The second-order valence-electron chi connectivity index (χ2n) is 3.81. The van der Waals surface area contributed by atoms with Crippen molar-refractivity contribution < 1.29 is 0 Å². The zero-order valence-corrected chi connectivity index (χ0v) is 11.3. The Bertz CT molecular complexity index is 352. The summed E-state index contributed by atoms with van der Waals surface area (Å²) in [6.45, 7) is 10.3. The summed E-state index contributed by atoms with van der Waals surface area (Å²) in [6.07, 6.45) is 1.92. The molecule has 90 valence electrons. The van der Waals surface area contributed by atoms with Gasteiger partial charge in [0, 0.05) is 25.1 Å². The highest BCUT2D eigenvalue weighted by Gasteiger charge is 2.13. The SMILES string of the molecule is CCCN(CC)c1nc(CC)nc(Cl)c1C. The lowest BCUT2D eigenvalue weighted by Crippen LogP contribution is -2.26. The standard InChI is InChI=1S/C12H20ClN3/c1-5-8-16(7-3)12-9(4)11(13)14-10(6-2)15-12/h5-8H2,1-4H3. The zero-order chi connectivity index (χ0) is 12.1. The Morgan fingerprint density at radius 1 is 1.19 bits per heavy atom. The molecule has 1 heterocycles. The second-order valence-corrected chi connectivity index (χ2v) is 4.17. The Morgan fingerprint density at radius 2 is 1.88 bits per heavy atom. The molecule has 0 aromatic carbocycles. The number of rotatable bonds is 5. The minimum atomic E-state index is 0.580. The maximum absolute atomic E-state index is 6.12. The molecule has 3 nitrogen and oxygen atoms in total. The number of nitrogens with zero attached hydrogens (tertiary/aromatic N) is 3. The van der Waals surface area contributed by atoms with Crippen LogP contribution >= 0.6 is 11.6 Å². The third-order valence-corrected chi connectivity index (χ3v) is 2.97. The average molecular weight is 242 g/mol. The van der Waals surface area contributed by atoms with Gasteiger partial charge < -0.3 is 4.90 Å². The number of anilines is 1. The molecule has 1 rings (SSSR count). The lowest BCUT2D eigenvalue weighted by atomic mass is 10.3. The molecule has 1 aromatic rings. The van der Waals surface area contributed by atoms with Crippen LogP contribution in [0.15, 0.2) is 0 Å². The van der Waals surface area contributed by atoms with Crippen LogP contribution in [0.25, 0.3) is 0 Å². The van der Waals surface area contributed by atoms with Gasteiger partial charge in [0.15, 0.2) is 0 Å². The maximum atomic E-state index is 6.12. The van der Waals surface area contributed by atoms with E-state index in [1.54, 1.807) is 0 Å². The Morgan fingerprint density at radius 3 is 2.38 bits per heavy atom. The number of aromatic nitrogens is 2. The largest absolute Gasteiger partial charge is 0.357 e. The first-order valence-corrected chi connectivity index (χ1v) is 6.29. The van der Waals surface area contributed by atoms with Crippen LogP contribution in [0.5, 0.6) is 0 Å². The Kier molecular flexibility index (Phi) is 5.00. The summed E-state index contributed by atoms with van der Waals surface area (Å²) < 4.78 is 0. The van der Waals surface area contributed by atoms with Gasteiger partial charge in [-0.25, -0.2) is 9.97 Å². The first-order chi connectivity index (χ1) is 7.63. The molecule has 0 unspecified atom stereocenters. The normalized spacial score (nSPS) is 10.6.